The lowest BCUT2D eigenvalue weighted by Gasteiger charge is -2.14. The Hall–Kier alpha value is -1.11. The summed E-state index contributed by atoms with van der Waals surface area (Å²) >= 11 is 5.42. The van der Waals surface area contributed by atoms with Gasteiger partial charge in [-0.1, -0.05) is 29.5 Å². The first-order valence-corrected chi connectivity index (χ1v) is 9.81. The molecule has 0 spiro atoms. The largest absolute Gasteiger partial charge is 0.269 e. The van der Waals surface area contributed by atoms with E-state index in [1.165, 1.54) is 5.56 Å². The maximum absolute atomic E-state index is 11.1. The van der Waals surface area contributed by atoms with Gasteiger partial charge in [-0.05, 0) is 30.7 Å². The molecule has 3 nitrogen and oxygen atoms in total. The van der Waals surface area contributed by atoms with Gasteiger partial charge in [0.25, 0.3) is 5.69 Å². The average Bonchev–Trinajstić information content (AvgIpc) is 3.04. The lowest BCUT2D eigenvalue weighted by Crippen LogP contribution is -1.94. The Morgan fingerprint density at radius 1 is 1.14 bits per heavy atom. The van der Waals surface area contributed by atoms with Crippen LogP contribution in [0.1, 0.15) is 15.7 Å². The number of nitro benzene ring substituents is 1. The zero-order chi connectivity index (χ0) is 15.5. The normalized spacial score (nSPS) is 15.1. The molecule has 0 aromatic heterocycles. The van der Waals surface area contributed by atoms with Crippen molar-refractivity contribution in [1.82, 2.24) is 0 Å². The Bertz CT molecular complexity index is 682. The van der Waals surface area contributed by atoms with Gasteiger partial charge < -0.3 is 0 Å². The molecule has 0 amide bonds. The van der Waals surface area contributed by atoms with Crippen LogP contribution < -0.4 is 0 Å². The van der Waals surface area contributed by atoms with Gasteiger partial charge in [0.1, 0.15) is 0 Å². The molecule has 1 saturated heterocycles. The summed E-state index contributed by atoms with van der Waals surface area (Å²) in [4.78, 5) is 13.0. The van der Waals surface area contributed by atoms with Gasteiger partial charge in [0.2, 0.25) is 0 Å². The van der Waals surface area contributed by atoms with Gasteiger partial charge in [-0.25, -0.2) is 0 Å². The highest BCUT2D eigenvalue weighted by molar-refractivity contribution is 8.19. The number of thioether (sulfide) groups is 2. The molecule has 0 atom stereocenters. The van der Waals surface area contributed by atoms with E-state index in [1.807, 2.05) is 29.6 Å². The van der Waals surface area contributed by atoms with Gasteiger partial charge in [0, 0.05) is 33.4 Å². The lowest BCUT2D eigenvalue weighted by atomic mass is 10.2. The number of benzene rings is 2. The number of hydrogen-bond donors (Lipinski definition) is 0. The van der Waals surface area contributed by atoms with Gasteiger partial charge in [0.15, 0.2) is 0 Å². The maximum Gasteiger partial charge on any atom is 0.269 e. The third kappa shape index (κ3) is 3.62. The number of nitro groups is 1. The molecule has 2 aromatic rings. The standard InChI is InChI=1S/C16H15NO2S3/c1-11-2-5-13(6-3-11)22-15-7-4-12(17(18)19)10-14(15)16-20-8-9-21-16/h2-7,10,16H,8-9H2,1H3. The molecule has 1 aliphatic rings. The molecule has 1 aliphatic heterocycles. The highest BCUT2D eigenvalue weighted by Gasteiger charge is 2.24. The van der Waals surface area contributed by atoms with Crippen LogP contribution in [-0.2, 0) is 0 Å². The van der Waals surface area contributed by atoms with Crippen LogP contribution >= 0.6 is 35.3 Å². The van der Waals surface area contributed by atoms with Gasteiger partial charge in [-0.2, -0.15) is 0 Å². The number of aryl methyl sites for hydroxylation is 1. The molecule has 2 aromatic carbocycles. The predicted octanol–water partition coefficient (Wildman–Crippen LogP) is 5.53. The highest BCUT2D eigenvalue weighted by Crippen LogP contribution is 2.49. The number of non-ortho nitro benzene ring substituents is 1. The van der Waals surface area contributed by atoms with Crippen molar-refractivity contribution < 1.29 is 4.92 Å². The van der Waals surface area contributed by atoms with Gasteiger partial charge in [-0.3, -0.25) is 10.1 Å². The van der Waals surface area contributed by atoms with Crippen LogP contribution in [0.2, 0.25) is 0 Å². The van der Waals surface area contributed by atoms with Crippen molar-refractivity contribution in [3.63, 3.8) is 0 Å². The van der Waals surface area contributed by atoms with Gasteiger partial charge in [0.05, 0.1) is 9.51 Å². The summed E-state index contributed by atoms with van der Waals surface area (Å²) in [5.41, 5.74) is 2.49. The third-order valence-corrected chi connectivity index (χ3v) is 7.50. The molecule has 22 heavy (non-hydrogen) atoms. The molecule has 1 fully saturated rings. The summed E-state index contributed by atoms with van der Waals surface area (Å²) in [6.07, 6.45) is 0. The second-order valence-corrected chi connectivity index (χ2v) is 8.81. The van der Waals surface area contributed by atoms with Gasteiger partial charge in [-0.15, -0.1) is 23.5 Å². The van der Waals surface area contributed by atoms with Gasteiger partial charge >= 0.3 is 0 Å². The van der Waals surface area contributed by atoms with Crippen molar-refractivity contribution in [3.8, 4) is 0 Å². The molecule has 0 N–H and O–H groups in total. The molecular formula is C16H15NO2S3. The summed E-state index contributed by atoms with van der Waals surface area (Å²) in [6.45, 7) is 2.07. The van der Waals surface area contributed by atoms with E-state index in [4.69, 9.17) is 0 Å². The van der Waals surface area contributed by atoms with E-state index in [0.717, 1.165) is 26.9 Å². The summed E-state index contributed by atoms with van der Waals surface area (Å²) in [5.74, 6) is 2.21. The van der Waals surface area contributed by atoms with Crippen LogP contribution in [0.3, 0.4) is 0 Å². The van der Waals surface area contributed by atoms with Crippen molar-refractivity contribution >= 4 is 41.0 Å². The molecule has 114 valence electrons. The minimum atomic E-state index is -0.311. The zero-order valence-electron chi connectivity index (χ0n) is 12.0. The number of hydrogen-bond acceptors (Lipinski definition) is 5. The SMILES string of the molecule is Cc1ccc(Sc2ccc([N+](=O)[O-])cc2C2SCCS2)cc1. The van der Waals surface area contributed by atoms with E-state index in [0.29, 0.717) is 4.58 Å². The topological polar surface area (TPSA) is 43.1 Å². The molecule has 0 saturated carbocycles. The average molecular weight is 350 g/mol. The van der Waals surface area contributed by atoms with Crippen LogP contribution in [0.5, 0.6) is 0 Å². The van der Waals surface area contributed by atoms with Crippen LogP contribution in [0.25, 0.3) is 0 Å². The number of rotatable bonds is 4. The minimum Gasteiger partial charge on any atom is -0.258 e. The zero-order valence-corrected chi connectivity index (χ0v) is 14.5. The third-order valence-electron chi connectivity index (χ3n) is 3.33. The first-order valence-electron chi connectivity index (χ1n) is 6.89. The molecule has 6 heteroatoms. The van der Waals surface area contributed by atoms with Crippen LogP contribution in [0, 0.1) is 17.0 Å². The summed E-state index contributed by atoms with van der Waals surface area (Å²) in [6, 6.07) is 13.6. The molecule has 3 rings (SSSR count). The second kappa shape index (κ2) is 6.98. The van der Waals surface area contributed by atoms with E-state index >= 15 is 0 Å². The highest BCUT2D eigenvalue weighted by atomic mass is 32.2. The van der Waals surface area contributed by atoms with E-state index in [1.54, 1.807) is 23.9 Å². The Morgan fingerprint density at radius 3 is 2.45 bits per heavy atom. The lowest BCUT2D eigenvalue weighted by molar-refractivity contribution is -0.385. The Labute approximate surface area is 142 Å². The molecule has 0 aliphatic carbocycles. The van der Waals surface area contributed by atoms with Crippen molar-refractivity contribution in [1.29, 1.82) is 0 Å². The Balaban J connectivity index is 1.94. The predicted molar refractivity (Wildman–Crippen MR) is 96.1 cm³/mol. The van der Waals surface area contributed by atoms with E-state index in [2.05, 4.69) is 31.2 Å². The quantitative estimate of drug-likeness (QED) is 0.536. The fourth-order valence-electron chi connectivity index (χ4n) is 2.20. The monoisotopic (exact) mass is 349 g/mol. The minimum absolute atomic E-state index is 0.177. The molecule has 0 bridgehead atoms. The second-order valence-electron chi connectivity index (χ2n) is 4.97. The smallest absolute Gasteiger partial charge is 0.258 e. The first-order chi connectivity index (χ1) is 10.6. The van der Waals surface area contributed by atoms with E-state index < -0.39 is 0 Å². The van der Waals surface area contributed by atoms with Crippen molar-refractivity contribution in [3.05, 3.63) is 63.7 Å². The Morgan fingerprint density at radius 2 is 1.82 bits per heavy atom. The maximum atomic E-state index is 11.1. The molecule has 0 radical (unpaired) electrons. The fraction of sp³-hybridized carbons (Fsp3) is 0.250. The van der Waals surface area contributed by atoms with Crippen LogP contribution in [0.4, 0.5) is 5.69 Å². The molecule has 1 heterocycles. The molecule has 0 unspecified atom stereocenters. The van der Waals surface area contributed by atoms with Crippen molar-refractivity contribution in [2.24, 2.45) is 0 Å². The summed E-state index contributed by atoms with van der Waals surface area (Å²) < 4.78 is 0.299. The first kappa shape index (κ1) is 15.8. The van der Waals surface area contributed by atoms with Crippen molar-refractivity contribution in [2.45, 2.75) is 21.3 Å². The summed E-state index contributed by atoms with van der Waals surface area (Å²) in [5, 5.41) is 11.1. The van der Waals surface area contributed by atoms with E-state index in [9.17, 15) is 10.1 Å². The van der Waals surface area contributed by atoms with Crippen LogP contribution in [0.15, 0.2) is 52.3 Å². The number of nitrogens with zero attached hydrogens (tertiary/aromatic N) is 1. The molecular weight excluding hydrogens is 334 g/mol. The fourth-order valence-corrected chi connectivity index (χ4v) is 6.21. The van der Waals surface area contributed by atoms with E-state index in [-0.39, 0.29) is 10.6 Å². The Kier molecular flexibility index (Phi) is 5.00. The van der Waals surface area contributed by atoms with Crippen molar-refractivity contribution in [2.75, 3.05) is 11.5 Å². The summed E-state index contributed by atoms with van der Waals surface area (Å²) in [7, 11) is 0. The van der Waals surface area contributed by atoms with Crippen LogP contribution in [-0.4, -0.2) is 16.4 Å².